The summed E-state index contributed by atoms with van der Waals surface area (Å²) in [5.41, 5.74) is 2.49. The van der Waals surface area contributed by atoms with Crippen molar-refractivity contribution in [3.63, 3.8) is 0 Å². The van der Waals surface area contributed by atoms with Gasteiger partial charge in [0.25, 0.3) is 0 Å². The molecule has 0 atom stereocenters. The van der Waals surface area contributed by atoms with Crippen LogP contribution in [-0.2, 0) is 0 Å². The van der Waals surface area contributed by atoms with E-state index in [1.54, 1.807) is 0 Å². The van der Waals surface area contributed by atoms with Gasteiger partial charge in [0.1, 0.15) is 0 Å². The molecule has 1 aliphatic heterocycles. The fourth-order valence-electron chi connectivity index (χ4n) is 2.73. The molecule has 2 heterocycles. The van der Waals surface area contributed by atoms with Gasteiger partial charge in [0.05, 0.1) is 5.52 Å². The first-order valence-electron chi connectivity index (χ1n) is 6.77. The molecular weight excluding hydrogens is 242 g/mol. The van der Waals surface area contributed by atoms with Crippen molar-refractivity contribution in [3.05, 3.63) is 28.7 Å². The van der Waals surface area contributed by atoms with Gasteiger partial charge < -0.3 is 14.6 Å². The van der Waals surface area contributed by atoms with Crippen molar-refractivity contribution in [2.45, 2.75) is 12.8 Å². The number of oxazole rings is 1. The minimum Gasteiger partial charge on any atom is -0.408 e. The Morgan fingerprint density at radius 1 is 1.37 bits per heavy atom. The highest BCUT2D eigenvalue weighted by Crippen LogP contribution is 2.21. The topological polar surface area (TPSA) is 61.3 Å². The van der Waals surface area contributed by atoms with Crippen LogP contribution in [0.25, 0.3) is 11.1 Å². The first-order valence-corrected chi connectivity index (χ1v) is 6.77. The van der Waals surface area contributed by atoms with E-state index in [1.807, 2.05) is 18.2 Å². The second-order valence-corrected chi connectivity index (χ2v) is 5.27. The van der Waals surface area contributed by atoms with Gasteiger partial charge in [0.2, 0.25) is 0 Å². The highest BCUT2D eigenvalue weighted by atomic mass is 16.4. The Kier molecular flexibility index (Phi) is 3.29. The van der Waals surface area contributed by atoms with Gasteiger partial charge in [-0.05, 0) is 50.0 Å². The maximum atomic E-state index is 11.1. The standard InChI is InChI=1S/C14H19N3O2/c1-17(9-10-4-6-15-7-5-10)11-2-3-13-12(8-11)16-14(18)19-13/h2-3,8,10,15H,4-7,9H2,1H3,(H,16,18). The Morgan fingerprint density at radius 3 is 2.95 bits per heavy atom. The second-order valence-electron chi connectivity index (χ2n) is 5.27. The summed E-state index contributed by atoms with van der Waals surface area (Å²) in [6.45, 7) is 3.29. The van der Waals surface area contributed by atoms with Crippen molar-refractivity contribution in [2.24, 2.45) is 5.92 Å². The Balaban J connectivity index is 1.76. The average molecular weight is 261 g/mol. The number of benzene rings is 1. The fourth-order valence-corrected chi connectivity index (χ4v) is 2.73. The van der Waals surface area contributed by atoms with Crippen LogP contribution in [0.3, 0.4) is 0 Å². The smallest absolute Gasteiger partial charge is 0.408 e. The van der Waals surface area contributed by atoms with Crippen LogP contribution in [0.2, 0.25) is 0 Å². The van der Waals surface area contributed by atoms with Gasteiger partial charge in [-0.2, -0.15) is 0 Å². The van der Waals surface area contributed by atoms with Crippen molar-refractivity contribution in [2.75, 3.05) is 31.6 Å². The van der Waals surface area contributed by atoms with E-state index in [-0.39, 0.29) is 0 Å². The van der Waals surface area contributed by atoms with E-state index in [9.17, 15) is 4.79 Å². The lowest BCUT2D eigenvalue weighted by Crippen LogP contribution is -2.34. The van der Waals surface area contributed by atoms with Crippen molar-refractivity contribution in [1.82, 2.24) is 10.3 Å². The average Bonchev–Trinajstić information content (AvgIpc) is 2.78. The van der Waals surface area contributed by atoms with Gasteiger partial charge in [0.15, 0.2) is 5.58 Å². The molecule has 1 aromatic carbocycles. The van der Waals surface area contributed by atoms with Gasteiger partial charge in [-0.25, -0.2) is 4.79 Å². The number of rotatable bonds is 3. The molecule has 1 aliphatic rings. The molecule has 0 bridgehead atoms. The van der Waals surface area contributed by atoms with Crippen LogP contribution < -0.4 is 16.0 Å². The molecule has 1 saturated heterocycles. The van der Waals surface area contributed by atoms with Crippen LogP contribution in [0, 0.1) is 5.92 Å². The van der Waals surface area contributed by atoms with Crippen molar-refractivity contribution < 1.29 is 4.42 Å². The third-order valence-electron chi connectivity index (χ3n) is 3.83. The van der Waals surface area contributed by atoms with Gasteiger partial charge in [0, 0.05) is 19.3 Å². The number of nitrogens with zero attached hydrogens (tertiary/aromatic N) is 1. The summed E-state index contributed by atoms with van der Waals surface area (Å²) in [5, 5.41) is 3.38. The molecule has 5 nitrogen and oxygen atoms in total. The molecule has 5 heteroatoms. The molecule has 0 saturated carbocycles. The van der Waals surface area contributed by atoms with E-state index in [0.717, 1.165) is 36.8 Å². The predicted octanol–water partition coefficient (Wildman–Crippen LogP) is 1.56. The molecule has 0 radical (unpaired) electrons. The van der Waals surface area contributed by atoms with Crippen LogP contribution in [-0.4, -0.2) is 31.7 Å². The van der Waals surface area contributed by atoms with Gasteiger partial charge in [-0.1, -0.05) is 0 Å². The first kappa shape index (κ1) is 12.3. The molecule has 0 unspecified atom stereocenters. The summed E-state index contributed by atoms with van der Waals surface area (Å²) in [6, 6.07) is 5.82. The van der Waals surface area contributed by atoms with Crippen molar-refractivity contribution in [3.8, 4) is 0 Å². The molecule has 102 valence electrons. The number of aromatic nitrogens is 1. The normalized spacial score (nSPS) is 16.9. The molecule has 2 aromatic rings. The van der Waals surface area contributed by atoms with E-state index < -0.39 is 5.76 Å². The van der Waals surface area contributed by atoms with Crippen molar-refractivity contribution in [1.29, 1.82) is 0 Å². The summed E-state index contributed by atoms with van der Waals surface area (Å²) < 4.78 is 5.01. The number of piperidine rings is 1. The largest absolute Gasteiger partial charge is 0.417 e. The molecule has 1 fully saturated rings. The minimum absolute atomic E-state index is 0.395. The fraction of sp³-hybridized carbons (Fsp3) is 0.500. The zero-order valence-corrected chi connectivity index (χ0v) is 11.1. The lowest BCUT2D eigenvalue weighted by atomic mass is 9.97. The maximum Gasteiger partial charge on any atom is 0.417 e. The van der Waals surface area contributed by atoms with E-state index in [1.165, 1.54) is 12.8 Å². The van der Waals surface area contributed by atoms with Crippen LogP contribution in [0.15, 0.2) is 27.4 Å². The van der Waals surface area contributed by atoms with Crippen LogP contribution in [0.1, 0.15) is 12.8 Å². The molecule has 0 spiro atoms. The van der Waals surface area contributed by atoms with Crippen molar-refractivity contribution >= 4 is 16.8 Å². The number of hydrogen-bond acceptors (Lipinski definition) is 4. The number of anilines is 1. The quantitative estimate of drug-likeness (QED) is 0.880. The first-order chi connectivity index (χ1) is 9.22. The Morgan fingerprint density at radius 2 is 2.16 bits per heavy atom. The SMILES string of the molecule is CN(CC1CCNCC1)c1ccc2oc(=O)[nH]c2c1. The zero-order valence-electron chi connectivity index (χ0n) is 11.1. The predicted molar refractivity (Wildman–Crippen MR) is 75.7 cm³/mol. The van der Waals surface area contributed by atoms with Crippen LogP contribution >= 0.6 is 0 Å². The third-order valence-corrected chi connectivity index (χ3v) is 3.83. The molecule has 0 amide bonds. The number of hydrogen-bond donors (Lipinski definition) is 2. The molecule has 3 rings (SSSR count). The number of nitrogens with one attached hydrogen (secondary N) is 2. The number of H-pyrrole nitrogens is 1. The Labute approximate surface area is 111 Å². The maximum absolute atomic E-state index is 11.1. The van der Waals surface area contributed by atoms with Gasteiger partial charge in [-0.15, -0.1) is 0 Å². The Bertz CT molecular complexity index is 610. The highest BCUT2D eigenvalue weighted by molar-refractivity contribution is 5.77. The van der Waals surface area contributed by atoms with E-state index in [0.29, 0.717) is 5.58 Å². The monoisotopic (exact) mass is 261 g/mol. The summed E-state index contributed by atoms with van der Waals surface area (Å²) in [4.78, 5) is 16.1. The summed E-state index contributed by atoms with van der Waals surface area (Å²) in [7, 11) is 2.10. The van der Waals surface area contributed by atoms with Gasteiger partial charge >= 0.3 is 5.76 Å². The van der Waals surface area contributed by atoms with E-state index in [2.05, 4.69) is 22.2 Å². The van der Waals surface area contributed by atoms with E-state index >= 15 is 0 Å². The lowest BCUT2D eigenvalue weighted by Gasteiger charge is -2.28. The van der Waals surface area contributed by atoms with Crippen LogP contribution in [0.5, 0.6) is 0 Å². The molecule has 2 N–H and O–H groups in total. The van der Waals surface area contributed by atoms with Crippen LogP contribution in [0.4, 0.5) is 5.69 Å². The molecule has 0 aliphatic carbocycles. The summed E-state index contributed by atoms with van der Waals surface area (Å²) in [6.07, 6.45) is 2.46. The van der Waals surface area contributed by atoms with Gasteiger partial charge in [-0.3, -0.25) is 4.98 Å². The number of aromatic amines is 1. The Hall–Kier alpha value is -1.75. The molecular formula is C14H19N3O2. The van der Waals surface area contributed by atoms with E-state index in [4.69, 9.17) is 4.42 Å². The second kappa shape index (κ2) is 5.09. The molecule has 19 heavy (non-hydrogen) atoms. The lowest BCUT2D eigenvalue weighted by molar-refractivity contribution is 0.378. The highest BCUT2D eigenvalue weighted by Gasteiger charge is 2.15. The number of fused-ring (bicyclic) bond motifs is 1. The summed E-state index contributed by atoms with van der Waals surface area (Å²) in [5.74, 6) is 0.346. The third kappa shape index (κ3) is 2.66. The zero-order chi connectivity index (χ0) is 13.2. The minimum atomic E-state index is -0.395. The molecule has 1 aromatic heterocycles. The summed E-state index contributed by atoms with van der Waals surface area (Å²) >= 11 is 0.